The van der Waals surface area contributed by atoms with Crippen LogP contribution in [0, 0.1) is 0 Å². The van der Waals surface area contributed by atoms with E-state index in [0.717, 1.165) is 49.2 Å². The fourth-order valence-electron chi connectivity index (χ4n) is 3.45. The lowest BCUT2D eigenvalue weighted by Gasteiger charge is -2.37. The highest BCUT2D eigenvalue weighted by Crippen LogP contribution is 2.13. The first kappa shape index (κ1) is 21.6. The lowest BCUT2D eigenvalue weighted by atomic mass is 10.2. The molecule has 0 bridgehead atoms. The van der Waals surface area contributed by atoms with Crippen molar-refractivity contribution < 1.29 is 4.79 Å². The molecule has 2 N–H and O–H groups in total. The van der Waals surface area contributed by atoms with Gasteiger partial charge in [0.05, 0.1) is 6.54 Å². The molecule has 30 heavy (non-hydrogen) atoms. The van der Waals surface area contributed by atoms with Crippen molar-refractivity contribution in [3.05, 3.63) is 54.2 Å². The summed E-state index contributed by atoms with van der Waals surface area (Å²) in [6, 6.07) is 13.9. The van der Waals surface area contributed by atoms with Gasteiger partial charge in [-0.25, -0.2) is 4.98 Å². The van der Waals surface area contributed by atoms with Crippen LogP contribution in [0.5, 0.6) is 0 Å². The predicted octanol–water partition coefficient (Wildman–Crippen LogP) is 1.48. The van der Waals surface area contributed by atoms with E-state index in [1.54, 1.807) is 0 Å². The van der Waals surface area contributed by atoms with Crippen molar-refractivity contribution in [3.8, 4) is 0 Å². The molecule has 0 radical (unpaired) electrons. The number of aliphatic imine (C=N–C) groups is 1. The SMILES string of the molecule is CN=C(NCc1cccc(NC(=O)CN(C)C)c1)N1CCN(c2ccccn2)CC1. The molecule has 1 aliphatic heterocycles. The van der Waals surface area contributed by atoms with E-state index in [4.69, 9.17) is 0 Å². The fraction of sp³-hybridized carbons (Fsp3) is 0.409. The van der Waals surface area contributed by atoms with Crippen LogP contribution in [0.25, 0.3) is 0 Å². The number of hydrogen-bond donors (Lipinski definition) is 2. The maximum absolute atomic E-state index is 12.0. The number of piperazine rings is 1. The van der Waals surface area contributed by atoms with Gasteiger partial charge in [0.25, 0.3) is 0 Å². The third-order valence-corrected chi connectivity index (χ3v) is 4.89. The Hall–Kier alpha value is -3.13. The molecule has 0 unspecified atom stereocenters. The summed E-state index contributed by atoms with van der Waals surface area (Å²) >= 11 is 0. The number of benzene rings is 1. The molecular weight excluding hydrogens is 378 g/mol. The Morgan fingerprint density at radius 2 is 1.93 bits per heavy atom. The number of carbonyl (C=O) groups excluding carboxylic acids is 1. The number of likely N-dealkylation sites (N-methyl/N-ethyl adjacent to an activating group) is 1. The van der Waals surface area contributed by atoms with E-state index in [0.29, 0.717) is 13.1 Å². The van der Waals surface area contributed by atoms with Crippen molar-refractivity contribution in [1.82, 2.24) is 20.1 Å². The first-order chi connectivity index (χ1) is 14.5. The number of rotatable bonds is 6. The molecule has 0 aliphatic carbocycles. The third kappa shape index (κ3) is 6.18. The summed E-state index contributed by atoms with van der Waals surface area (Å²) in [7, 11) is 5.56. The number of aromatic nitrogens is 1. The molecule has 1 aromatic heterocycles. The first-order valence-corrected chi connectivity index (χ1v) is 10.2. The largest absolute Gasteiger partial charge is 0.353 e. The van der Waals surface area contributed by atoms with E-state index in [2.05, 4.69) is 30.4 Å². The minimum Gasteiger partial charge on any atom is -0.353 e. The van der Waals surface area contributed by atoms with Gasteiger partial charge in [0, 0.05) is 51.7 Å². The Morgan fingerprint density at radius 3 is 2.60 bits per heavy atom. The summed E-state index contributed by atoms with van der Waals surface area (Å²) in [6.07, 6.45) is 1.83. The smallest absolute Gasteiger partial charge is 0.238 e. The monoisotopic (exact) mass is 409 g/mol. The average molecular weight is 410 g/mol. The topological polar surface area (TPSA) is 76.1 Å². The molecule has 8 heteroatoms. The Kier molecular flexibility index (Phi) is 7.62. The predicted molar refractivity (Wildman–Crippen MR) is 122 cm³/mol. The van der Waals surface area contributed by atoms with E-state index < -0.39 is 0 Å². The minimum absolute atomic E-state index is 0.0216. The quantitative estimate of drug-likeness (QED) is 0.556. The zero-order valence-electron chi connectivity index (χ0n) is 18.0. The first-order valence-electron chi connectivity index (χ1n) is 10.2. The highest BCUT2D eigenvalue weighted by molar-refractivity contribution is 5.92. The van der Waals surface area contributed by atoms with Gasteiger partial charge < -0.3 is 25.3 Å². The summed E-state index contributed by atoms with van der Waals surface area (Å²) in [5.41, 5.74) is 1.89. The molecule has 1 saturated heterocycles. The number of hydrogen-bond acceptors (Lipinski definition) is 5. The molecule has 1 fully saturated rings. The number of anilines is 2. The van der Waals surface area contributed by atoms with E-state index >= 15 is 0 Å². The fourth-order valence-corrected chi connectivity index (χ4v) is 3.45. The zero-order valence-corrected chi connectivity index (χ0v) is 18.0. The van der Waals surface area contributed by atoms with Gasteiger partial charge in [-0.2, -0.15) is 0 Å². The van der Waals surface area contributed by atoms with E-state index in [1.807, 2.05) is 74.7 Å². The van der Waals surface area contributed by atoms with Crippen LogP contribution in [0.3, 0.4) is 0 Å². The van der Waals surface area contributed by atoms with Crippen LogP contribution < -0.4 is 15.5 Å². The number of pyridine rings is 1. The van der Waals surface area contributed by atoms with Gasteiger partial charge in [0.1, 0.15) is 5.82 Å². The number of amides is 1. The summed E-state index contributed by atoms with van der Waals surface area (Å²) in [4.78, 5) is 27.3. The molecule has 8 nitrogen and oxygen atoms in total. The molecule has 3 rings (SSSR count). The summed E-state index contributed by atoms with van der Waals surface area (Å²) in [5, 5.41) is 6.38. The molecule has 1 aliphatic rings. The van der Waals surface area contributed by atoms with Gasteiger partial charge in [-0.15, -0.1) is 0 Å². The van der Waals surface area contributed by atoms with E-state index in [9.17, 15) is 4.79 Å². The molecule has 1 amide bonds. The van der Waals surface area contributed by atoms with Crippen LogP contribution in [0.2, 0.25) is 0 Å². The van der Waals surface area contributed by atoms with Crippen LogP contribution in [-0.4, -0.2) is 80.5 Å². The molecule has 2 aromatic rings. The van der Waals surface area contributed by atoms with Gasteiger partial charge in [0.2, 0.25) is 5.91 Å². The molecule has 0 saturated carbocycles. The Morgan fingerprint density at radius 1 is 1.13 bits per heavy atom. The van der Waals surface area contributed by atoms with Crippen molar-refractivity contribution in [2.45, 2.75) is 6.54 Å². The number of nitrogens with zero attached hydrogens (tertiary/aromatic N) is 5. The minimum atomic E-state index is -0.0216. The molecular formula is C22H31N7O. The third-order valence-electron chi connectivity index (χ3n) is 4.89. The molecule has 1 aromatic carbocycles. The van der Waals surface area contributed by atoms with Crippen molar-refractivity contribution >= 4 is 23.4 Å². The summed E-state index contributed by atoms with van der Waals surface area (Å²) in [5.74, 6) is 1.89. The Balaban J connectivity index is 1.51. The maximum atomic E-state index is 12.0. The van der Waals surface area contributed by atoms with Crippen molar-refractivity contribution in [3.63, 3.8) is 0 Å². The lowest BCUT2D eigenvalue weighted by molar-refractivity contribution is -0.116. The summed E-state index contributed by atoms with van der Waals surface area (Å²) < 4.78 is 0. The highest BCUT2D eigenvalue weighted by Gasteiger charge is 2.20. The van der Waals surface area contributed by atoms with Crippen LogP contribution in [0.1, 0.15) is 5.56 Å². The maximum Gasteiger partial charge on any atom is 0.238 e. The Labute approximate surface area is 178 Å². The second-order valence-corrected chi connectivity index (χ2v) is 7.55. The molecule has 0 spiro atoms. The van der Waals surface area contributed by atoms with Gasteiger partial charge in [-0.3, -0.25) is 9.79 Å². The van der Waals surface area contributed by atoms with Crippen LogP contribution >= 0.6 is 0 Å². The number of guanidine groups is 1. The average Bonchev–Trinajstić information content (AvgIpc) is 2.75. The zero-order chi connectivity index (χ0) is 21.3. The normalized spacial score (nSPS) is 14.7. The molecule has 0 atom stereocenters. The second kappa shape index (κ2) is 10.6. The standard InChI is InChI=1S/C22H31N7O/c1-23-22(29-13-11-28(12-14-29)20-9-4-5-10-24-20)25-16-18-7-6-8-19(15-18)26-21(30)17-27(2)3/h4-10,15H,11-14,16-17H2,1-3H3,(H,23,25)(H,26,30). The second-order valence-electron chi connectivity index (χ2n) is 7.55. The van der Waals surface area contributed by atoms with Gasteiger partial charge in [0.15, 0.2) is 5.96 Å². The van der Waals surface area contributed by atoms with Crippen LogP contribution in [0.15, 0.2) is 53.7 Å². The van der Waals surface area contributed by atoms with E-state index in [-0.39, 0.29) is 5.91 Å². The lowest BCUT2D eigenvalue weighted by Crippen LogP contribution is -2.52. The Bertz CT molecular complexity index is 846. The molecule has 160 valence electrons. The highest BCUT2D eigenvalue weighted by atomic mass is 16.2. The van der Waals surface area contributed by atoms with Crippen LogP contribution in [-0.2, 0) is 11.3 Å². The van der Waals surface area contributed by atoms with Gasteiger partial charge >= 0.3 is 0 Å². The number of nitrogens with one attached hydrogen (secondary N) is 2. The van der Waals surface area contributed by atoms with Crippen molar-refractivity contribution in [2.24, 2.45) is 4.99 Å². The van der Waals surface area contributed by atoms with Crippen molar-refractivity contribution in [1.29, 1.82) is 0 Å². The van der Waals surface area contributed by atoms with Gasteiger partial charge in [-0.05, 0) is 43.9 Å². The van der Waals surface area contributed by atoms with Crippen molar-refractivity contribution in [2.75, 3.05) is 64.1 Å². The van der Waals surface area contributed by atoms with Crippen LogP contribution in [0.4, 0.5) is 11.5 Å². The number of carbonyl (C=O) groups is 1. The van der Waals surface area contributed by atoms with E-state index in [1.165, 1.54) is 0 Å². The summed E-state index contributed by atoms with van der Waals surface area (Å²) in [6.45, 7) is 4.59. The van der Waals surface area contributed by atoms with Gasteiger partial charge in [-0.1, -0.05) is 18.2 Å². The molecule has 2 heterocycles.